The van der Waals surface area contributed by atoms with Crippen molar-refractivity contribution < 1.29 is 19.1 Å². The molecular formula is C23H28N2O4. The molecule has 0 aliphatic carbocycles. The maximum absolute atomic E-state index is 13.4. The van der Waals surface area contributed by atoms with Crippen molar-refractivity contribution >= 4 is 11.8 Å². The van der Waals surface area contributed by atoms with Crippen LogP contribution < -0.4 is 0 Å². The molecule has 0 saturated carbocycles. The number of carbonyl (C=O) groups is 2. The Morgan fingerprint density at radius 2 is 2.07 bits per heavy atom. The molecule has 0 unspecified atom stereocenters. The summed E-state index contributed by atoms with van der Waals surface area (Å²) in [4.78, 5) is 30.5. The molecule has 3 saturated heterocycles. The van der Waals surface area contributed by atoms with Gasteiger partial charge >= 0.3 is 0 Å². The summed E-state index contributed by atoms with van der Waals surface area (Å²) in [5.74, 6) is -0.756. The van der Waals surface area contributed by atoms with Crippen LogP contribution in [-0.2, 0) is 25.6 Å². The lowest BCUT2D eigenvalue weighted by atomic mass is 9.76. The van der Waals surface area contributed by atoms with Gasteiger partial charge in [-0.05, 0) is 37.0 Å². The normalized spacial score (nSPS) is 33.3. The SMILES string of the molecule is Cc1ccc(CN2C[C@]34C=C[C@H](O3)[C@@H](C(=O)N3CCCOCC3)[C@@H]4C2=O)cc1C. The minimum absolute atomic E-state index is 0.0399. The van der Waals surface area contributed by atoms with Gasteiger partial charge in [-0.1, -0.05) is 30.4 Å². The molecular weight excluding hydrogens is 368 g/mol. The van der Waals surface area contributed by atoms with Crippen molar-refractivity contribution in [2.24, 2.45) is 11.8 Å². The van der Waals surface area contributed by atoms with Crippen LogP contribution in [0.3, 0.4) is 0 Å². The molecule has 0 aromatic heterocycles. The molecule has 29 heavy (non-hydrogen) atoms. The lowest BCUT2D eigenvalue weighted by molar-refractivity contribution is -0.143. The second kappa shape index (κ2) is 6.96. The van der Waals surface area contributed by atoms with Crippen molar-refractivity contribution in [3.63, 3.8) is 0 Å². The summed E-state index contributed by atoms with van der Waals surface area (Å²) in [6, 6.07) is 6.32. The van der Waals surface area contributed by atoms with Gasteiger partial charge in [0.2, 0.25) is 11.8 Å². The van der Waals surface area contributed by atoms with E-state index in [1.165, 1.54) is 11.1 Å². The van der Waals surface area contributed by atoms with Gasteiger partial charge in [0.1, 0.15) is 5.60 Å². The standard InChI is InChI=1S/C23H28N2O4/c1-15-4-5-17(12-16(15)2)13-25-14-23-7-6-18(29-23)19(20(23)22(25)27)21(26)24-8-3-10-28-11-9-24/h4-7,12,18-20H,3,8-11,13-14H2,1-2H3/t18-,19+,20+,23-/m0/s1. The molecule has 0 N–H and O–H groups in total. The first kappa shape index (κ1) is 18.8. The highest BCUT2D eigenvalue weighted by molar-refractivity contribution is 5.93. The maximum atomic E-state index is 13.4. The van der Waals surface area contributed by atoms with E-state index in [0.717, 1.165) is 12.0 Å². The molecule has 4 aliphatic rings. The topological polar surface area (TPSA) is 59.1 Å². The molecule has 6 heteroatoms. The van der Waals surface area contributed by atoms with Crippen molar-refractivity contribution in [1.29, 1.82) is 0 Å². The average Bonchev–Trinajstić information content (AvgIpc) is 3.23. The Kier molecular flexibility index (Phi) is 4.51. The summed E-state index contributed by atoms with van der Waals surface area (Å²) in [5.41, 5.74) is 2.93. The smallest absolute Gasteiger partial charge is 0.230 e. The Balaban J connectivity index is 1.38. The Hall–Kier alpha value is -2.18. The van der Waals surface area contributed by atoms with Crippen LogP contribution in [0.1, 0.15) is 23.1 Å². The van der Waals surface area contributed by atoms with Crippen LogP contribution in [0.4, 0.5) is 0 Å². The van der Waals surface area contributed by atoms with E-state index in [1.807, 2.05) is 22.0 Å². The van der Waals surface area contributed by atoms with E-state index in [-0.39, 0.29) is 17.9 Å². The second-order valence-corrected chi connectivity index (χ2v) is 8.80. The molecule has 3 fully saturated rings. The minimum atomic E-state index is -0.649. The van der Waals surface area contributed by atoms with E-state index < -0.39 is 17.4 Å². The van der Waals surface area contributed by atoms with E-state index in [0.29, 0.717) is 39.4 Å². The number of nitrogens with zero attached hydrogens (tertiary/aromatic N) is 2. The van der Waals surface area contributed by atoms with Gasteiger partial charge < -0.3 is 19.3 Å². The summed E-state index contributed by atoms with van der Waals surface area (Å²) in [7, 11) is 0. The van der Waals surface area contributed by atoms with Gasteiger partial charge in [0.25, 0.3) is 0 Å². The molecule has 4 heterocycles. The first-order chi connectivity index (χ1) is 14.0. The second-order valence-electron chi connectivity index (χ2n) is 8.80. The van der Waals surface area contributed by atoms with Gasteiger partial charge in [-0.2, -0.15) is 0 Å². The van der Waals surface area contributed by atoms with Crippen LogP contribution in [0.2, 0.25) is 0 Å². The highest BCUT2D eigenvalue weighted by Crippen LogP contribution is 2.52. The van der Waals surface area contributed by atoms with Crippen LogP contribution >= 0.6 is 0 Å². The first-order valence-electron chi connectivity index (χ1n) is 10.6. The van der Waals surface area contributed by atoms with E-state index in [2.05, 4.69) is 32.0 Å². The lowest BCUT2D eigenvalue weighted by Gasteiger charge is -2.29. The van der Waals surface area contributed by atoms with Crippen LogP contribution in [0.25, 0.3) is 0 Å². The number of hydrogen-bond acceptors (Lipinski definition) is 4. The quantitative estimate of drug-likeness (QED) is 0.732. The third-order valence-corrected chi connectivity index (χ3v) is 6.94. The number of amides is 2. The fraction of sp³-hybridized carbons (Fsp3) is 0.565. The largest absolute Gasteiger partial charge is 0.380 e. The van der Waals surface area contributed by atoms with Crippen LogP contribution in [-0.4, -0.2) is 66.2 Å². The zero-order chi connectivity index (χ0) is 20.2. The number of aryl methyl sites for hydroxylation is 2. The molecule has 154 valence electrons. The number of carbonyl (C=O) groups excluding carboxylic acids is 2. The van der Waals surface area contributed by atoms with Crippen molar-refractivity contribution in [2.45, 2.75) is 38.5 Å². The van der Waals surface area contributed by atoms with E-state index >= 15 is 0 Å². The maximum Gasteiger partial charge on any atom is 0.230 e. The average molecular weight is 396 g/mol. The zero-order valence-corrected chi connectivity index (χ0v) is 17.1. The predicted molar refractivity (Wildman–Crippen MR) is 107 cm³/mol. The Morgan fingerprint density at radius 1 is 1.21 bits per heavy atom. The molecule has 4 aliphatic heterocycles. The van der Waals surface area contributed by atoms with Gasteiger partial charge in [-0.25, -0.2) is 0 Å². The fourth-order valence-corrected chi connectivity index (χ4v) is 5.29. The molecule has 0 radical (unpaired) electrons. The molecule has 6 nitrogen and oxygen atoms in total. The van der Waals surface area contributed by atoms with E-state index in [9.17, 15) is 9.59 Å². The molecule has 2 bridgehead atoms. The first-order valence-corrected chi connectivity index (χ1v) is 10.6. The number of fused-ring (bicyclic) bond motifs is 1. The number of ether oxygens (including phenoxy) is 2. The Morgan fingerprint density at radius 3 is 2.90 bits per heavy atom. The van der Waals surface area contributed by atoms with E-state index in [1.54, 1.807) is 0 Å². The summed E-state index contributed by atoms with van der Waals surface area (Å²) in [6.07, 6.45) is 4.56. The molecule has 1 aromatic carbocycles. The van der Waals surface area contributed by atoms with Gasteiger partial charge in [0.15, 0.2) is 0 Å². The third-order valence-electron chi connectivity index (χ3n) is 6.94. The minimum Gasteiger partial charge on any atom is -0.380 e. The summed E-state index contributed by atoms with van der Waals surface area (Å²) in [6.45, 7) is 7.77. The molecule has 1 aromatic rings. The van der Waals surface area contributed by atoms with Crippen molar-refractivity contribution in [3.8, 4) is 0 Å². The molecule has 2 amide bonds. The lowest BCUT2D eigenvalue weighted by Crippen LogP contribution is -2.46. The molecule has 5 rings (SSSR count). The highest BCUT2D eigenvalue weighted by atomic mass is 16.5. The zero-order valence-electron chi connectivity index (χ0n) is 17.1. The van der Waals surface area contributed by atoms with E-state index in [4.69, 9.17) is 9.47 Å². The summed E-state index contributed by atoms with van der Waals surface area (Å²) < 4.78 is 11.8. The fourth-order valence-electron chi connectivity index (χ4n) is 5.29. The number of hydrogen-bond donors (Lipinski definition) is 0. The third kappa shape index (κ3) is 3.01. The Labute approximate surface area is 171 Å². The molecule has 4 atom stereocenters. The van der Waals surface area contributed by atoms with Crippen LogP contribution in [0.15, 0.2) is 30.4 Å². The Bertz CT molecular complexity index is 874. The highest BCUT2D eigenvalue weighted by Gasteiger charge is 2.67. The summed E-state index contributed by atoms with van der Waals surface area (Å²) in [5, 5.41) is 0. The van der Waals surface area contributed by atoms with Crippen LogP contribution in [0, 0.1) is 25.7 Å². The number of likely N-dealkylation sites (tertiary alicyclic amines) is 1. The monoisotopic (exact) mass is 396 g/mol. The van der Waals surface area contributed by atoms with Gasteiger partial charge in [-0.15, -0.1) is 0 Å². The van der Waals surface area contributed by atoms with Crippen molar-refractivity contribution in [3.05, 3.63) is 47.0 Å². The number of benzene rings is 1. The van der Waals surface area contributed by atoms with Crippen LogP contribution in [0.5, 0.6) is 0 Å². The van der Waals surface area contributed by atoms with Crippen molar-refractivity contribution in [1.82, 2.24) is 9.80 Å². The van der Waals surface area contributed by atoms with Gasteiger partial charge in [0.05, 0.1) is 31.1 Å². The van der Waals surface area contributed by atoms with Gasteiger partial charge in [-0.3, -0.25) is 9.59 Å². The van der Waals surface area contributed by atoms with Gasteiger partial charge in [0, 0.05) is 26.2 Å². The predicted octanol–water partition coefficient (Wildman–Crippen LogP) is 1.83. The number of rotatable bonds is 3. The summed E-state index contributed by atoms with van der Waals surface area (Å²) >= 11 is 0. The molecule has 1 spiro atoms. The van der Waals surface area contributed by atoms with Crippen molar-refractivity contribution in [2.75, 3.05) is 32.8 Å².